The molecule has 0 fully saturated rings. The molecule has 3 heteroatoms. The molecule has 0 N–H and O–H groups in total. The lowest BCUT2D eigenvalue weighted by Crippen LogP contribution is -2.21. The van der Waals surface area contributed by atoms with E-state index >= 15 is 0 Å². The third-order valence-electron chi connectivity index (χ3n) is 2.35. The van der Waals surface area contributed by atoms with Crippen LogP contribution in [0, 0.1) is 0 Å². The van der Waals surface area contributed by atoms with Crippen molar-refractivity contribution in [2.45, 2.75) is 65.0 Å². The Bertz CT molecular complexity index is 140. The molecule has 0 aromatic rings. The summed E-state index contributed by atoms with van der Waals surface area (Å²) in [5.41, 5.74) is 0. The van der Waals surface area contributed by atoms with Crippen LogP contribution in [0.2, 0.25) is 12.1 Å². The van der Waals surface area contributed by atoms with Gasteiger partial charge in [0.25, 0.3) is 5.97 Å². The Morgan fingerprint density at radius 2 is 1.57 bits per heavy atom. The Hall–Kier alpha value is -0.313. The van der Waals surface area contributed by atoms with Crippen LogP contribution in [0.15, 0.2) is 0 Å². The molecule has 0 saturated carbocycles. The number of carbonyl (C=O) groups is 1. The molecule has 0 aliphatic carbocycles. The van der Waals surface area contributed by atoms with Gasteiger partial charge in [-0.15, -0.1) is 0 Å². The second-order valence-electron chi connectivity index (χ2n) is 3.75. The Morgan fingerprint density at radius 3 is 1.93 bits per heavy atom. The first-order valence-corrected chi connectivity index (χ1v) is 8.04. The Balaban J connectivity index is 3.77. The highest BCUT2D eigenvalue weighted by Crippen LogP contribution is 2.11. The van der Waals surface area contributed by atoms with E-state index in [1.54, 1.807) is 0 Å². The summed E-state index contributed by atoms with van der Waals surface area (Å²) in [4.78, 5) is 11.2. The van der Waals surface area contributed by atoms with Gasteiger partial charge >= 0.3 is 0 Å². The average Bonchev–Trinajstić information content (AvgIpc) is 2.21. The molecule has 0 bridgehead atoms. The van der Waals surface area contributed by atoms with Gasteiger partial charge in [0.2, 0.25) is 9.04 Å². The predicted octanol–water partition coefficient (Wildman–Crippen LogP) is 3.26. The zero-order valence-electron chi connectivity index (χ0n) is 9.84. The van der Waals surface area contributed by atoms with Crippen LogP contribution < -0.4 is 0 Å². The van der Waals surface area contributed by atoms with Gasteiger partial charge in [0, 0.05) is 6.42 Å². The zero-order valence-corrected chi connectivity index (χ0v) is 11.0. The van der Waals surface area contributed by atoms with Gasteiger partial charge in [0.15, 0.2) is 0 Å². The third-order valence-corrected chi connectivity index (χ3v) is 5.05. The molecule has 0 aromatic carbocycles. The van der Waals surface area contributed by atoms with Gasteiger partial charge in [0.05, 0.1) is 0 Å². The van der Waals surface area contributed by atoms with Crippen molar-refractivity contribution in [3.8, 4) is 0 Å². The molecule has 84 valence electrons. The van der Waals surface area contributed by atoms with Crippen LogP contribution in [0.25, 0.3) is 0 Å². The van der Waals surface area contributed by atoms with E-state index in [1.807, 2.05) is 6.92 Å². The highest BCUT2D eigenvalue weighted by molar-refractivity contribution is 6.53. The van der Waals surface area contributed by atoms with E-state index < -0.39 is 9.04 Å². The summed E-state index contributed by atoms with van der Waals surface area (Å²) >= 11 is 0. The van der Waals surface area contributed by atoms with Crippen molar-refractivity contribution >= 4 is 15.0 Å². The minimum Gasteiger partial charge on any atom is -0.522 e. The van der Waals surface area contributed by atoms with Gasteiger partial charge in [-0.05, 0) is 12.1 Å². The van der Waals surface area contributed by atoms with Crippen LogP contribution in [0.1, 0.15) is 52.9 Å². The van der Waals surface area contributed by atoms with Crippen molar-refractivity contribution in [2.24, 2.45) is 0 Å². The van der Waals surface area contributed by atoms with E-state index in [-0.39, 0.29) is 5.97 Å². The third kappa shape index (κ3) is 7.13. The van der Waals surface area contributed by atoms with Crippen molar-refractivity contribution in [2.75, 3.05) is 0 Å². The summed E-state index contributed by atoms with van der Waals surface area (Å²) in [6.07, 6.45) is 5.38. The van der Waals surface area contributed by atoms with Gasteiger partial charge in [-0.25, -0.2) is 0 Å². The standard InChI is InChI=1S/C11H24O2Si/c1-4-7-9-14(10-8-5-2)13-11(12)6-3/h14H,4-10H2,1-3H3. The fraction of sp³-hybridized carbons (Fsp3) is 0.909. The predicted molar refractivity (Wildman–Crippen MR) is 63.0 cm³/mol. The van der Waals surface area contributed by atoms with E-state index in [2.05, 4.69) is 13.8 Å². The summed E-state index contributed by atoms with van der Waals surface area (Å²) in [5.74, 6) is 0.00822. The molecule has 0 heterocycles. The fourth-order valence-corrected chi connectivity index (χ4v) is 4.19. The van der Waals surface area contributed by atoms with Gasteiger partial charge < -0.3 is 4.43 Å². The molecular weight excluding hydrogens is 192 g/mol. The molecule has 0 unspecified atom stereocenters. The van der Waals surface area contributed by atoms with Crippen molar-refractivity contribution in [1.82, 2.24) is 0 Å². The van der Waals surface area contributed by atoms with Crippen LogP contribution >= 0.6 is 0 Å². The first-order valence-electron chi connectivity index (χ1n) is 5.94. The molecule has 0 amide bonds. The first-order chi connectivity index (χ1) is 6.74. The lowest BCUT2D eigenvalue weighted by molar-refractivity contribution is -0.134. The largest absolute Gasteiger partial charge is 0.522 e. The zero-order chi connectivity index (χ0) is 10.8. The quantitative estimate of drug-likeness (QED) is 0.582. The van der Waals surface area contributed by atoms with Crippen molar-refractivity contribution in [3.05, 3.63) is 0 Å². The van der Waals surface area contributed by atoms with E-state index in [0.717, 1.165) is 0 Å². The van der Waals surface area contributed by atoms with E-state index in [9.17, 15) is 4.79 Å². The maximum absolute atomic E-state index is 11.2. The number of carbonyl (C=O) groups excluding carboxylic acids is 1. The molecule has 0 atom stereocenters. The van der Waals surface area contributed by atoms with Crippen molar-refractivity contribution in [1.29, 1.82) is 0 Å². The maximum Gasteiger partial charge on any atom is 0.292 e. The van der Waals surface area contributed by atoms with Crippen LogP contribution in [0.3, 0.4) is 0 Å². The lowest BCUT2D eigenvalue weighted by atomic mass is 10.4. The summed E-state index contributed by atoms with van der Waals surface area (Å²) in [5, 5.41) is 0. The van der Waals surface area contributed by atoms with Crippen LogP contribution in [0.5, 0.6) is 0 Å². The van der Waals surface area contributed by atoms with Crippen LogP contribution in [0.4, 0.5) is 0 Å². The molecule has 0 aliphatic heterocycles. The summed E-state index contributed by atoms with van der Waals surface area (Å²) < 4.78 is 5.50. The van der Waals surface area contributed by atoms with E-state index in [4.69, 9.17) is 4.43 Å². The Kier molecular flexibility index (Phi) is 9.04. The first kappa shape index (κ1) is 13.7. The van der Waals surface area contributed by atoms with Crippen LogP contribution in [-0.4, -0.2) is 15.0 Å². The average molecular weight is 216 g/mol. The maximum atomic E-state index is 11.2. The summed E-state index contributed by atoms with van der Waals surface area (Å²) in [6, 6.07) is 2.34. The number of hydrogen-bond donors (Lipinski definition) is 0. The molecule has 0 aliphatic rings. The van der Waals surface area contributed by atoms with Gasteiger partial charge in [0.1, 0.15) is 0 Å². The fourth-order valence-electron chi connectivity index (χ4n) is 1.40. The topological polar surface area (TPSA) is 26.3 Å². The number of rotatable bonds is 8. The molecule has 0 saturated heterocycles. The van der Waals surface area contributed by atoms with E-state index in [0.29, 0.717) is 6.42 Å². The van der Waals surface area contributed by atoms with E-state index in [1.165, 1.54) is 37.8 Å². The molecule has 0 radical (unpaired) electrons. The molecule has 2 nitrogen and oxygen atoms in total. The number of hydrogen-bond acceptors (Lipinski definition) is 2. The monoisotopic (exact) mass is 216 g/mol. The van der Waals surface area contributed by atoms with Gasteiger partial charge in [-0.3, -0.25) is 4.79 Å². The summed E-state index contributed by atoms with van der Waals surface area (Å²) in [7, 11) is -1.19. The second-order valence-corrected chi connectivity index (χ2v) is 6.38. The Morgan fingerprint density at radius 1 is 1.07 bits per heavy atom. The van der Waals surface area contributed by atoms with Crippen molar-refractivity contribution < 1.29 is 9.22 Å². The second kappa shape index (κ2) is 9.25. The lowest BCUT2D eigenvalue weighted by Gasteiger charge is -2.15. The van der Waals surface area contributed by atoms with Gasteiger partial charge in [-0.2, -0.15) is 0 Å². The normalized spacial score (nSPS) is 10.6. The molecule has 0 aromatic heterocycles. The summed E-state index contributed by atoms with van der Waals surface area (Å²) in [6.45, 7) is 6.24. The molecule has 0 rings (SSSR count). The minimum atomic E-state index is -1.19. The number of unbranched alkanes of at least 4 members (excludes halogenated alkanes) is 2. The SMILES string of the molecule is CCCC[SiH](CCCC)OC(=O)CC. The van der Waals surface area contributed by atoms with Gasteiger partial charge in [-0.1, -0.05) is 46.5 Å². The molecular formula is C11H24O2Si. The minimum absolute atomic E-state index is 0.00822. The highest BCUT2D eigenvalue weighted by Gasteiger charge is 2.14. The van der Waals surface area contributed by atoms with Crippen molar-refractivity contribution in [3.63, 3.8) is 0 Å². The molecule has 14 heavy (non-hydrogen) atoms. The smallest absolute Gasteiger partial charge is 0.292 e. The highest BCUT2D eigenvalue weighted by atomic mass is 28.3. The molecule has 0 spiro atoms. The van der Waals surface area contributed by atoms with Crippen LogP contribution in [-0.2, 0) is 9.22 Å². The Labute approximate surface area is 89.8 Å².